The van der Waals surface area contributed by atoms with Crippen LogP contribution in [-0.4, -0.2) is 52.9 Å². The Labute approximate surface area is 275 Å². The van der Waals surface area contributed by atoms with Gasteiger partial charge in [0.25, 0.3) is 0 Å². The van der Waals surface area contributed by atoms with E-state index in [4.69, 9.17) is 24.0 Å². The summed E-state index contributed by atoms with van der Waals surface area (Å²) in [5.41, 5.74) is 2.77. The summed E-state index contributed by atoms with van der Waals surface area (Å²) in [6.45, 7) is 16.0. The second-order valence-electron chi connectivity index (χ2n) is 12.9. The number of halogens is 2. The summed E-state index contributed by atoms with van der Waals surface area (Å²) in [4.78, 5) is 13.7. The van der Waals surface area contributed by atoms with Crippen LogP contribution in [0.2, 0.25) is 18.1 Å². The SMILES string of the molecule is CCOc1cc(F)c(Cn2nc(-c3ncc(OCCCO[Si](C)(C)C(C)(C)C)c(Nc4ccncc4C)n3)c3ccccc32)c(F)c1. The summed E-state index contributed by atoms with van der Waals surface area (Å²) in [5.74, 6) is -0.0186. The highest BCUT2D eigenvalue weighted by molar-refractivity contribution is 6.74. The maximum absolute atomic E-state index is 15.0. The molecule has 3 heterocycles. The van der Waals surface area contributed by atoms with Crippen molar-refractivity contribution >= 4 is 30.7 Å². The number of para-hydroxylation sites is 1. The molecule has 0 amide bonds. The van der Waals surface area contributed by atoms with Crippen molar-refractivity contribution in [3.05, 3.63) is 83.8 Å². The first-order valence-corrected chi connectivity index (χ1v) is 18.7. The monoisotopic (exact) mass is 660 g/mol. The topological polar surface area (TPSA) is 96.2 Å². The largest absolute Gasteiger partial charge is 0.494 e. The van der Waals surface area contributed by atoms with Crippen molar-refractivity contribution in [2.45, 2.75) is 65.7 Å². The van der Waals surface area contributed by atoms with Crippen LogP contribution < -0.4 is 14.8 Å². The summed E-state index contributed by atoms with van der Waals surface area (Å²) in [6, 6.07) is 11.7. The van der Waals surface area contributed by atoms with Crippen LogP contribution in [-0.2, 0) is 11.0 Å². The van der Waals surface area contributed by atoms with Crippen molar-refractivity contribution in [1.82, 2.24) is 24.7 Å². The number of fused-ring (bicyclic) bond motifs is 1. The van der Waals surface area contributed by atoms with Gasteiger partial charge in [0.05, 0.1) is 31.5 Å². The van der Waals surface area contributed by atoms with Crippen molar-refractivity contribution in [2.75, 3.05) is 25.1 Å². The van der Waals surface area contributed by atoms with Crippen LogP contribution in [0.3, 0.4) is 0 Å². The molecule has 5 rings (SSSR count). The number of nitrogens with zero attached hydrogens (tertiary/aromatic N) is 5. The molecular weight excluding hydrogens is 619 g/mol. The maximum atomic E-state index is 15.0. The first-order valence-electron chi connectivity index (χ1n) is 15.8. The second-order valence-corrected chi connectivity index (χ2v) is 17.7. The molecule has 0 unspecified atom stereocenters. The van der Waals surface area contributed by atoms with E-state index in [1.165, 1.54) is 12.1 Å². The molecule has 0 bridgehead atoms. The number of anilines is 2. The predicted octanol–water partition coefficient (Wildman–Crippen LogP) is 8.46. The molecule has 0 saturated heterocycles. The highest BCUT2D eigenvalue weighted by Gasteiger charge is 2.36. The normalized spacial score (nSPS) is 12.0. The third-order valence-corrected chi connectivity index (χ3v) is 13.0. The molecule has 0 radical (unpaired) electrons. The van der Waals surface area contributed by atoms with Crippen molar-refractivity contribution in [3.63, 3.8) is 0 Å². The van der Waals surface area contributed by atoms with Gasteiger partial charge < -0.3 is 19.2 Å². The Morgan fingerprint density at radius 3 is 2.43 bits per heavy atom. The van der Waals surface area contributed by atoms with Crippen molar-refractivity contribution in [2.24, 2.45) is 0 Å². The van der Waals surface area contributed by atoms with Crippen LogP contribution in [0.4, 0.5) is 20.3 Å². The predicted molar refractivity (Wildman–Crippen MR) is 183 cm³/mol. The molecule has 0 aliphatic heterocycles. The fourth-order valence-electron chi connectivity index (χ4n) is 4.75. The van der Waals surface area contributed by atoms with Crippen LogP contribution in [0, 0.1) is 18.6 Å². The number of hydrogen-bond acceptors (Lipinski definition) is 8. The van der Waals surface area contributed by atoms with Crippen molar-refractivity contribution in [1.29, 1.82) is 0 Å². The van der Waals surface area contributed by atoms with E-state index in [1.54, 1.807) is 30.2 Å². The van der Waals surface area contributed by atoms with Gasteiger partial charge in [-0.15, -0.1) is 0 Å². The van der Waals surface area contributed by atoms with Gasteiger partial charge in [-0.1, -0.05) is 39.0 Å². The van der Waals surface area contributed by atoms with Crippen LogP contribution in [0.15, 0.2) is 61.1 Å². The van der Waals surface area contributed by atoms with Crippen LogP contribution in [0.5, 0.6) is 11.5 Å². The summed E-state index contributed by atoms with van der Waals surface area (Å²) >= 11 is 0. The molecule has 1 N–H and O–H groups in total. The average molecular weight is 661 g/mol. The Balaban J connectivity index is 1.45. The number of nitrogens with one attached hydrogen (secondary N) is 1. The molecule has 0 spiro atoms. The Morgan fingerprint density at radius 2 is 1.72 bits per heavy atom. The first-order chi connectivity index (χ1) is 22.4. The third kappa shape index (κ3) is 7.77. The molecule has 47 heavy (non-hydrogen) atoms. The molecule has 12 heteroatoms. The molecule has 2 aromatic carbocycles. The minimum atomic E-state index is -1.86. The second kappa shape index (κ2) is 14.1. The fraction of sp³-hybridized carbons (Fsp3) is 0.371. The van der Waals surface area contributed by atoms with Gasteiger partial charge in [0.2, 0.25) is 0 Å². The number of aromatic nitrogens is 5. The van der Waals surface area contributed by atoms with E-state index in [-0.39, 0.29) is 22.9 Å². The third-order valence-electron chi connectivity index (χ3n) is 8.45. The summed E-state index contributed by atoms with van der Waals surface area (Å²) < 4.78 is 49.4. The smallest absolute Gasteiger partial charge is 0.191 e. The lowest BCUT2D eigenvalue weighted by atomic mass is 10.1. The zero-order chi connectivity index (χ0) is 33.8. The minimum Gasteiger partial charge on any atom is -0.494 e. The van der Waals surface area contributed by atoms with Crippen LogP contribution in [0.25, 0.3) is 22.4 Å². The first kappa shape index (κ1) is 33.9. The van der Waals surface area contributed by atoms with Crippen LogP contribution in [0.1, 0.15) is 45.2 Å². The van der Waals surface area contributed by atoms with Crippen LogP contribution >= 0.6 is 0 Å². The van der Waals surface area contributed by atoms with Gasteiger partial charge in [-0.05, 0) is 49.7 Å². The Hall–Kier alpha value is -4.42. The van der Waals surface area contributed by atoms with E-state index in [0.29, 0.717) is 54.8 Å². The average Bonchev–Trinajstić information content (AvgIpc) is 3.38. The number of ether oxygens (including phenoxy) is 2. The highest BCUT2D eigenvalue weighted by Crippen LogP contribution is 2.37. The van der Waals surface area contributed by atoms with E-state index in [9.17, 15) is 0 Å². The Bertz CT molecular complexity index is 1830. The van der Waals surface area contributed by atoms with Gasteiger partial charge in [-0.3, -0.25) is 9.67 Å². The number of rotatable bonds is 13. The van der Waals surface area contributed by atoms with E-state index in [0.717, 1.165) is 16.6 Å². The van der Waals surface area contributed by atoms with Gasteiger partial charge in [-0.25, -0.2) is 18.7 Å². The molecular formula is C35H42F2N6O3Si. The van der Waals surface area contributed by atoms with Gasteiger partial charge in [0, 0.05) is 54.2 Å². The Kier molecular flexibility index (Phi) is 10.2. The molecule has 0 saturated carbocycles. The van der Waals surface area contributed by atoms with Gasteiger partial charge in [0.1, 0.15) is 23.1 Å². The molecule has 9 nitrogen and oxygen atoms in total. The molecule has 5 aromatic rings. The maximum Gasteiger partial charge on any atom is 0.191 e. The van der Waals surface area contributed by atoms with Crippen molar-refractivity contribution < 1.29 is 22.7 Å². The van der Waals surface area contributed by atoms with E-state index >= 15 is 8.78 Å². The molecule has 0 aliphatic carbocycles. The lowest BCUT2D eigenvalue weighted by molar-refractivity contribution is 0.233. The Morgan fingerprint density at radius 1 is 0.979 bits per heavy atom. The number of pyridine rings is 1. The fourth-order valence-corrected chi connectivity index (χ4v) is 5.84. The molecule has 0 fully saturated rings. The number of hydrogen-bond donors (Lipinski definition) is 1. The van der Waals surface area contributed by atoms with Gasteiger partial charge >= 0.3 is 0 Å². The summed E-state index contributed by atoms with van der Waals surface area (Å²) in [5, 5.41) is 9.00. The lowest BCUT2D eigenvalue weighted by Gasteiger charge is -2.36. The van der Waals surface area contributed by atoms with Gasteiger partial charge in [0.15, 0.2) is 25.7 Å². The number of benzene rings is 2. The minimum absolute atomic E-state index is 0.119. The standard InChI is InChI=1S/C35H42F2N6O3Si/c1-8-44-24-18-27(36)26(28(37)19-24)22-43-30-13-10-9-12-25(30)32(42-43)34-39-21-31(33(41-34)40-29-14-15-38-20-23(29)2)45-16-11-17-46-47(6,7)35(3,4)5/h9-10,12-15,18-21H,8,11,16-17,22H2,1-7H3,(H,38,39,40,41). The molecule has 3 aromatic heterocycles. The van der Waals surface area contributed by atoms with E-state index < -0.39 is 20.0 Å². The van der Waals surface area contributed by atoms with Gasteiger partial charge in [-0.2, -0.15) is 5.10 Å². The molecule has 0 atom stereocenters. The molecule has 0 aliphatic rings. The zero-order valence-corrected chi connectivity index (χ0v) is 29.0. The summed E-state index contributed by atoms with van der Waals surface area (Å²) in [7, 11) is -1.86. The highest BCUT2D eigenvalue weighted by atomic mass is 28.4. The number of aryl methyl sites for hydroxylation is 1. The molecule has 248 valence electrons. The van der Waals surface area contributed by atoms with E-state index in [2.05, 4.69) is 49.1 Å². The zero-order valence-electron chi connectivity index (χ0n) is 28.0. The lowest BCUT2D eigenvalue weighted by Crippen LogP contribution is -2.41. The quantitative estimate of drug-likeness (QED) is 0.0993. The van der Waals surface area contributed by atoms with E-state index in [1.807, 2.05) is 37.3 Å². The van der Waals surface area contributed by atoms with Crippen molar-refractivity contribution in [3.8, 4) is 23.0 Å². The summed E-state index contributed by atoms with van der Waals surface area (Å²) in [6.07, 6.45) is 5.78.